The fourth-order valence-electron chi connectivity index (χ4n) is 2.14. The summed E-state index contributed by atoms with van der Waals surface area (Å²) in [7, 11) is 3.76. The lowest BCUT2D eigenvalue weighted by Gasteiger charge is -2.16. The van der Waals surface area contributed by atoms with Crippen molar-refractivity contribution < 1.29 is 4.39 Å². The summed E-state index contributed by atoms with van der Waals surface area (Å²) in [5, 5.41) is 7.98. The second-order valence-electron chi connectivity index (χ2n) is 4.59. The van der Waals surface area contributed by atoms with E-state index in [-0.39, 0.29) is 11.9 Å². The minimum Gasteiger partial charge on any atom is -0.313 e. The maximum atomic E-state index is 13.8. The molecular formula is C14H17ClFN3. The van der Waals surface area contributed by atoms with Gasteiger partial charge in [0.2, 0.25) is 0 Å². The van der Waals surface area contributed by atoms with Crippen LogP contribution in [0.3, 0.4) is 0 Å². The Morgan fingerprint density at radius 3 is 2.79 bits per heavy atom. The van der Waals surface area contributed by atoms with Gasteiger partial charge in [-0.25, -0.2) is 4.39 Å². The van der Waals surface area contributed by atoms with Crippen LogP contribution >= 0.6 is 11.6 Å². The molecule has 0 amide bonds. The lowest BCUT2D eigenvalue weighted by molar-refractivity contribution is 0.551. The van der Waals surface area contributed by atoms with Crippen LogP contribution in [-0.2, 0) is 13.5 Å². The summed E-state index contributed by atoms with van der Waals surface area (Å²) in [5.41, 5.74) is 2.75. The Hall–Kier alpha value is -1.39. The topological polar surface area (TPSA) is 29.9 Å². The van der Waals surface area contributed by atoms with Crippen molar-refractivity contribution in [2.75, 3.05) is 7.05 Å². The monoisotopic (exact) mass is 281 g/mol. The van der Waals surface area contributed by atoms with E-state index in [1.165, 1.54) is 6.07 Å². The number of nitrogens with zero attached hydrogens (tertiary/aromatic N) is 2. The van der Waals surface area contributed by atoms with Gasteiger partial charge in [0.15, 0.2) is 0 Å². The molecule has 102 valence electrons. The number of hydrogen-bond donors (Lipinski definition) is 1. The molecule has 1 unspecified atom stereocenters. The van der Waals surface area contributed by atoms with Gasteiger partial charge in [-0.15, -0.1) is 0 Å². The van der Waals surface area contributed by atoms with Crippen LogP contribution in [0.2, 0.25) is 5.02 Å². The van der Waals surface area contributed by atoms with Gasteiger partial charge in [0.05, 0.1) is 6.20 Å². The van der Waals surface area contributed by atoms with Crippen molar-refractivity contribution in [1.29, 1.82) is 0 Å². The van der Waals surface area contributed by atoms with Crippen molar-refractivity contribution in [1.82, 2.24) is 15.1 Å². The third kappa shape index (κ3) is 2.96. The summed E-state index contributed by atoms with van der Waals surface area (Å²) in [5.74, 6) is -0.230. The zero-order valence-corrected chi connectivity index (χ0v) is 12.0. The predicted molar refractivity (Wildman–Crippen MR) is 74.9 cm³/mol. The average Bonchev–Trinajstić information content (AvgIpc) is 2.71. The highest BCUT2D eigenvalue weighted by Gasteiger charge is 2.17. The molecule has 0 fully saturated rings. The average molecular weight is 282 g/mol. The number of likely N-dealkylation sites (N-methyl/N-ethyl adjacent to an activating group) is 1. The van der Waals surface area contributed by atoms with Crippen LogP contribution in [0.25, 0.3) is 0 Å². The maximum Gasteiger partial charge on any atom is 0.126 e. The first-order valence-electron chi connectivity index (χ1n) is 6.12. The Morgan fingerprint density at radius 2 is 2.21 bits per heavy atom. The van der Waals surface area contributed by atoms with Crippen LogP contribution in [0, 0.1) is 12.7 Å². The van der Waals surface area contributed by atoms with Crippen LogP contribution in [0.15, 0.2) is 24.4 Å². The van der Waals surface area contributed by atoms with Gasteiger partial charge in [-0.05, 0) is 44.2 Å². The zero-order chi connectivity index (χ0) is 14.0. The van der Waals surface area contributed by atoms with Crippen molar-refractivity contribution in [3.05, 3.63) is 52.1 Å². The molecule has 0 saturated heterocycles. The lowest BCUT2D eigenvalue weighted by Crippen LogP contribution is -2.20. The van der Waals surface area contributed by atoms with E-state index in [1.807, 2.05) is 31.9 Å². The van der Waals surface area contributed by atoms with Gasteiger partial charge in [0, 0.05) is 29.4 Å². The van der Waals surface area contributed by atoms with E-state index >= 15 is 0 Å². The number of aryl methyl sites for hydroxylation is 1. The van der Waals surface area contributed by atoms with Crippen molar-refractivity contribution in [2.45, 2.75) is 19.4 Å². The van der Waals surface area contributed by atoms with E-state index in [4.69, 9.17) is 11.6 Å². The van der Waals surface area contributed by atoms with Crippen LogP contribution < -0.4 is 5.32 Å². The summed E-state index contributed by atoms with van der Waals surface area (Å²) in [6.07, 6.45) is 2.36. The molecule has 0 spiro atoms. The summed E-state index contributed by atoms with van der Waals surface area (Å²) in [6, 6.07) is 4.65. The molecule has 19 heavy (non-hydrogen) atoms. The van der Waals surface area contributed by atoms with E-state index < -0.39 is 0 Å². The Morgan fingerprint density at radius 1 is 1.47 bits per heavy atom. The van der Waals surface area contributed by atoms with E-state index in [0.29, 0.717) is 17.0 Å². The highest BCUT2D eigenvalue weighted by molar-refractivity contribution is 6.30. The Kier molecular flexibility index (Phi) is 4.22. The minimum absolute atomic E-state index is 0.0154. The first-order chi connectivity index (χ1) is 9.02. The fraction of sp³-hybridized carbons (Fsp3) is 0.357. The molecule has 1 atom stereocenters. The summed E-state index contributed by atoms with van der Waals surface area (Å²) < 4.78 is 15.6. The third-order valence-electron chi connectivity index (χ3n) is 3.43. The first-order valence-corrected chi connectivity index (χ1v) is 6.50. The minimum atomic E-state index is -0.230. The summed E-state index contributed by atoms with van der Waals surface area (Å²) in [6.45, 7) is 2.00. The SMILES string of the molecule is CNC(Cc1cc(Cl)ccc1F)c1cnn(C)c1C. The van der Waals surface area contributed by atoms with E-state index in [0.717, 1.165) is 11.3 Å². The normalized spacial score (nSPS) is 12.7. The van der Waals surface area contributed by atoms with Crippen LogP contribution in [-0.4, -0.2) is 16.8 Å². The van der Waals surface area contributed by atoms with E-state index in [9.17, 15) is 4.39 Å². The number of halogens is 2. The van der Waals surface area contributed by atoms with Gasteiger partial charge in [0.25, 0.3) is 0 Å². The summed E-state index contributed by atoms with van der Waals surface area (Å²) >= 11 is 5.92. The molecule has 1 aromatic heterocycles. The molecule has 0 bridgehead atoms. The Labute approximate surface area is 117 Å². The number of aromatic nitrogens is 2. The molecule has 3 nitrogen and oxygen atoms in total. The number of nitrogens with one attached hydrogen (secondary N) is 1. The standard InChI is InChI=1S/C14H17ClFN3/c1-9-12(8-18-19(9)3)14(17-2)7-10-6-11(15)4-5-13(10)16/h4-6,8,14,17H,7H2,1-3H3. The molecule has 0 aliphatic rings. The summed E-state index contributed by atoms with van der Waals surface area (Å²) in [4.78, 5) is 0. The van der Waals surface area contributed by atoms with Gasteiger partial charge in [0.1, 0.15) is 5.82 Å². The van der Waals surface area contributed by atoms with Crippen LogP contribution in [0.4, 0.5) is 4.39 Å². The predicted octanol–water partition coefficient (Wildman–Crippen LogP) is 3.02. The molecule has 0 radical (unpaired) electrons. The molecule has 1 N–H and O–H groups in total. The van der Waals surface area contributed by atoms with Crippen molar-refractivity contribution >= 4 is 11.6 Å². The highest BCUT2D eigenvalue weighted by Crippen LogP contribution is 2.24. The second-order valence-corrected chi connectivity index (χ2v) is 5.03. The molecule has 0 saturated carbocycles. The number of rotatable bonds is 4. The quantitative estimate of drug-likeness (QED) is 0.934. The lowest BCUT2D eigenvalue weighted by atomic mass is 9.99. The van der Waals surface area contributed by atoms with Crippen LogP contribution in [0.1, 0.15) is 22.9 Å². The molecule has 2 rings (SSSR count). The second kappa shape index (κ2) is 5.72. The van der Waals surface area contributed by atoms with Crippen molar-refractivity contribution in [3.63, 3.8) is 0 Å². The zero-order valence-electron chi connectivity index (χ0n) is 11.2. The van der Waals surface area contributed by atoms with Gasteiger partial charge >= 0.3 is 0 Å². The number of hydrogen-bond acceptors (Lipinski definition) is 2. The molecule has 0 aliphatic carbocycles. The van der Waals surface area contributed by atoms with Gasteiger partial charge in [-0.2, -0.15) is 5.10 Å². The number of benzene rings is 1. The molecule has 1 heterocycles. The molecule has 1 aromatic carbocycles. The molecule has 0 aliphatic heterocycles. The van der Waals surface area contributed by atoms with Crippen molar-refractivity contribution in [2.24, 2.45) is 7.05 Å². The van der Waals surface area contributed by atoms with Crippen LogP contribution in [0.5, 0.6) is 0 Å². The molecule has 2 aromatic rings. The largest absolute Gasteiger partial charge is 0.313 e. The van der Waals surface area contributed by atoms with Gasteiger partial charge in [-0.3, -0.25) is 4.68 Å². The Bertz CT molecular complexity index is 580. The van der Waals surface area contributed by atoms with E-state index in [2.05, 4.69) is 10.4 Å². The van der Waals surface area contributed by atoms with E-state index in [1.54, 1.807) is 12.1 Å². The van der Waals surface area contributed by atoms with Crippen molar-refractivity contribution in [3.8, 4) is 0 Å². The van der Waals surface area contributed by atoms with Gasteiger partial charge in [-0.1, -0.05) is 11.6 Å². The highest BCUT2D eigenvalue weighted by atomic mass is 35.5. The molecule has 5 heteroatoms. The smallest absolute Gasteiger partial charge is 0.126 e. The maximum absolute atomic E-state index is 13.8. The first kappa shape index (κ1) is 14.0. The third-order valence-corrected chi connectivity index (χ3v) is 3.66. The Balaban J connectivity index is 2.29. The fourth-order valence-corrected chi connectivity index (χ4v) is 2.34. The van der Waals surface area contributed by atoms with Gasteiger partial charge < -0.3 is 5.32 Å². The molecular weight excluding hydrogens is 265 g/mol.